The van der Waals surface area contributed by atoms with Crippen LogP contribution in [0.1, 0.15) is 99.8 Å². The molecule has 0 saturated carbocycles. The molecule has 6 heteroatoms. The van der Waals surface area contributed by atoms with Gasteiger partial charge in [-0.15, -0.1) is 0 Å². The Hall–Kier alpha value is -0.246. The lowest BCUT2D eigenvalue weighted by Gasteiger charge is -2.41. The van der Waals surface area contributed by atoms with Crippen LogP contribution in [0.4, 0.5) is 0 Å². The van der Waals surface area contributed by atoms with Gasteiger partial charge in [0.2, 0.25) is 0 Å². The maximum atomic E-state index is 6.65. The molecular weight excluding hydrogens is 408 g/mol. The van der Waals surface area contributed by atoms with Crippen LogP contribution in [0.2, 0.25) is 5.16 Å². The minimum atomic E-state index is -2.69. The maximum Gasteiger partial charge on any atom is 0.369 e. The molecule has 0 aliphatic heterocycles. The number of hydrogen-bond donors (Lipinski definition) is 0. The van der Waals surface area contributed by atoms with Gasteiger partial charge in [0.15, 0.2) is 0 Å². The van der Waals surface area contributed by atoms with Crippen LogP contribution in [-0.4, -0.2) is 43.5 Å². The molecule has 30 heavy (non-hydrogen) atoms. The zero-order valence-corrected chi connectivity index (χ0v) is 23.0. The number of hydrogen-bond acceptors (Lipinski definition) is 4. The highest BCUT2D eigenvalue weighted by Crippen LogP contribution is 2.37. The molecule has 0 saturated heterocycles. The SMILES string of the molecule is CC=C[Si](OCCCC)(OCCCC)C(C)[Si](C=CC)(OCCCC)OCCCC. The lowest BCUT2D eigenvalue weighted by atomic mass is 10.4. The topological polar surface area (TPSA) is 36.9 Å². The van der Waals surface area contributed by atoms with Gasteiger partial charge >= 0.3 is 17.1 Å². The second-order valence-electron chi connectivity index (χ2n) is 7.97. The van der Waals surface area contributed by atoms with Crippen LogP contribution in [0.15, 0.2) is 23.6 Å². The van der Waals surface area contributed by atoms with Crippen LogP contribution in [-0.2, 0) is 17.7 Å². The van der Waals surface area contributed by atoms with E-state index in [0.29, 0.717) is 0 Å². The predicted octanol–water partition coefficient (Wildman–Crippen LogP) is 7.30. The van der Waals surface area contributed by atoms with Crippen molar-refractivity contribution in [2.45, 2.75) is 105 Å². The third-order valence-corrected chi connectivity index (χ3v) is 14.4. The molecule has 0 aromatic rings. The summed E-state index contributed by atoms with van der Waals surface area (Å²) in [7, 11) is -5.37. The fraction of sp³-hybridized carbons (Fsp3) is 0.833. The van der Waals surface area contributed by atoms with Crippen molar-refractivity contribution in [3.63, 3.8) is 0 Å². The summed E-state index contributed by atoms with van der Waals surface area (Å²) in [6.07, 6.45) is 12.8. The van der Waals surface area contributed by atoms with Gasteiger partial charge in [-0.1, -0.05) is 72.5 Å². The monoisotopic (exact) mass is 458 g/mol. The molecule has 0 atom stereocenters. The zero-order chi connectivity index (χ0) is 22.7. The Kier molecular flexibility index (Phi) is 18.2. The van der Waals surface area contributed by atoms with Gasteiger partial charge in [0, 0.05) is 26.4 Å². The Morgan fingerprint density at radius 2 is 0.833 bits per heavy atom. The van der Waals surface area contributed by atoms with Crippen LogP contribution in [0.3, 0.4) is 0 Å². The first-order chi connectivity index (χ1) is 14.5. The Bertz CT molecular complexity index is 394. The van der Waals surface area contributed by atoms with Crippen molar-refractivity contribution in [2.75, 3.05) is 26.4 Å². The summed E-state index contributed by atoms with van der Waals surface area (Å²) in [5.74, 6) is 0. The molecule has 0 bridgehead atoms. The second kappa shape index (κ2) is 18.3. The number of unbranched alkanes of at least 4 members (excludes halogenated alkanes) is 4. The summed E-state index contributed by atoms with van der Waals surface area (Å²) in [6.45, 7) is 18.1. The second-order valence-corrected chi connectivity index (χ2v) is 15.0. The van der Waals surface area contributed by atoms with Crippen molar-refractivity contribution in [3.8, 4) is 0 Å². The maximum absolute atomic E-state index is 6.65. The lowest BCUT2D eigenvalue weighted by Crippen LogP contribution is -2.59. The molecule has 0 unspecified atom stereocenters. The third kappa shape index (κ3) is 10.4. The zero-order valence-electron chi connectivity index (χ0n) is 21.0. The van der Waals surface area contributed by atoms with Gasteiger partial charge in [-0.3, -0.25) is 0 Å². The molecule has 0 amide bonds. The summed E-state index contributed by atoms with van der Waals surface area (Å²) in [5, 5.41) is 0.0971. The van der Waals surface area contributed by atoms with Gasteiger partial charge < -0.3 is 17.7 Å². The molecule has 0 radical (unpaired) electrons. The van der Waals surface area contributed by atoms with Crippen molar-refractivity contribution in [1.29, 1.82) is 0 Å². The highest BCUT2D eigenvalue weighted by atomic mass is 28.4. The smallest absolute Gasteiger partial charge is 0.369 e. The van der Waals surface area contributed by atoms with Crippen molar-refractivity contribution in [3.05, 3.63) is 23.6 Å². The van der Waals surface area contributed by atoms with Crippen molar-refractivity contribution in [2.24, 2.45) is 0 Å². The van der Waals surface area contributed by atoms with E-state index in [1.807, 2.05) is 0 Å². The first kappa shape index (κ1) is 29.8. The fourth-order valence-corrected chi connectivity index (χ4v) is 12.0. The molecule has 0 aliphatic carbocycles. The van der Waals surface area contributed by atoms with E-state index in [0.717, 1.165) is 77.8 Å². The first-order valence-electron chi connectivity index (χ1n) is 12.4. The van der Waals surface area contributed by atoms with Crippen LogP contribution < -0.4 is 0 Å². The molecule has 0 aromatic carbocycles. The molecular formula is C24H50O4Si2. The van der Waals surface area contributed by atoms with E-state index in [2.05, 4.69) is 72.0 Å². The molecule has 0 aliphatic rings. The standard InChI is InChI=1S/C24H50O4Si2/c1-8-14-18-25-29(22-12-5,26-19-15-9-2)24(7)30(23-13-6,27-20-16-10-3)28-21-17-11-4/h12-13,22-24H,8-11,14-21H2,1-7H3. The average molecular weight is 459 g/mol. The molecule has 0 N–H and O–H groups in total. The lowest BCUT2D eigenvalue weighted by molar-refractivity contribution is 0.144. The van der Waals surface area contributed by atoms with Gasteiger partial charge in [-0.2, -0.15) is 0 Å². The van der Waals surface area contributed by atoms with Gasteiger partial charge in [0.05, 0.1) is 5.16 Å². The fourth-order valence-electron chi connectivity index (χ4n) is 3.31. The van der Waals surface area contributed by atoms with Gasteiger partial charge in [0.25, 0.3) is 0 Å². The summed E-state index contributed by atoms with van der Waals surface area (Å²) < 4.78 is 26.6. The van der Waals surface area contributed by atoms with Gasteiger partial charge in [-0.05, 0) is 50.9 Å². The van der Waals surface area contributed by atoms with Crippen LogP contribution >= 0.6 is 0 Å². The molecule has 0 fully saturated rings. The van der Waals surface area contributed by atoms with E-state index >= 15 is 0 Å². The van der Waals surface area contributed by atoms with E-state index in [1.54, 1.807) is 0 Å². The summed E-state index contributed by atoms with van der Waals surface area (Å²) >= 11 is 0. The Balaban J connectivity index is 6.07. The molecule has 4 nitrogen and oxygen atoms in total. The molecule has 0 heterocycles. The highest BCUT2D eigenvalue weighted by molar-refractivity contribution is 6.92. The summed E-state index contributed by atoms with van der Waals surface area (Å²) in [5.41, 5.74) is 4.45. The van der Waals surface area contributed by atoms with E-state index in [-0.39, 0.29) is 5.16 Å². The number of allylic oxidation sites excluding steroid dienone is 2. The average Bonchev–Trinajstić information content (AvgIpc) is 2.74. The van der Waals surface area contributed by atoms with Crippen molar-refractivity contribution >= 4 is 17.1 Å². The van der Waals surface area contributed by atoms with E-state index in [4.69, 9.17) is 17.7 Å². The van der Waals surface area contributed by atoms with E-state index in [9.17, 15) is 0 Å². The molecule has 178 valence electrons. The molecule has 0 rings (SSSR count). The Morgan fingerprint density at radius 3 is 1.03 bits per heavy atom. The van der Waals surface area contributed by atoms with Crippen LogP contribution in [0, 0.1) is 0 Å². The van der Waals surface area contributed by atoms with Gasteiger partial charge in [0.1, 0.15) is 0 Å². The first-order valence-corrected chi connectivity index (χ1v) is 16.3. The predicted molar refractivity (Wildman–Crippen MR) is 134 cm³/mol. The van der Waals surface area contributed by atoms with E-state index in [1.165, 1.54) is 0 Å². The minimum Gasteiger partial charge on any atom is -0.391 e. The normalized spacial score (nSPS) is 14.2. The van der Waals surface area contributed by atoms with Crippen LogP contribution in [0.25, 0.3) is 0 Å². The third-order valence-electron chi connectivity index (χ3n) is 5.31. The van der Waals surface area contributed by atoms with Crippen molar-refractivity contribution in [1.82, 2.24) is 0 Å². The summed E-state index contributed by atoms with van der Waals surface area (Å²) in [6, 6.07) is 0. The quantitative estimate of drug-likeness (QED) is 0.142. The largest absolute Gasteiger partial charge is 0.391 e. The molecule has 0 spiro atoms. The highest BCUT2D eigenvalue weighted by Gasteiger charge is 2.56. The van der Waals surface area contributed by atoms with Gasteiger partial charge in [-0.25, -0.2) is 0 Å². The van der Waals surface area contributed by atoms with E-state index < -0.39 is 17.1 Å². The Labute approximate surface area is 189 Å². The summed E-state index contributed by atoms with van der Waals surface area (Å²) in [4.78, 5) is 0. The van der Waals surface area contributed by atoms with Crippen LogP contribution in [0.5, 0.6) is 0 Å². The molecule has 0 aromatic heterocycles. The number of rotatable bonds is 20. The Morgan fingerprint density at radius 1 is 0.567 bits per heavy atom. The minimum absolute atomic E-state index is 0.0971. The van der Waals surface area contributed by atoms with Crippen molar-refractivity contribution < 1.29 is 17.7 Å².